The second-order valence-electron chi connectivity index (χ2n) is 21.0. The number of nitrogen functional groups attached to an aromatic ring is 1. The van der Waals surface area contributed by atoms with E-state index in [1.807, 2.05) is 13.0 Å². The number of nitrogens with two attached hydrogens (primary N) is 2. The number of piperazine rings is 1. The molecule has 6 aliphatic rings. The molecular formula is C53H70F2N10O7. The number of anilines is 2. The number of benzene rings is 2. The first-order chi connectivity index (χ1) is 34.4. The van der Waals surface area contributed by atoms with Gasteiger partial charge in [-0.3, -0.25) is 34.0 Å². The third-order valence-electron chi connectivity index (χ3n) is 15.4. The maximum absolute atomic E-state index is 14.3. The minimum absolute atomic E-state index is 0.00927. The summed E-state index contributed by atoms with van der Waals surface area (Å²) in [5, 5.41) is 26.2. The van der Waals surface area contributed by atoms with Crippen LogP contribution in [-0.4, -0.2) is 127 Å². The van der Waals surface area contributed by atoms with E-state index < -0.39 is 50.9 Å². The van der Waals surface area contributed by atoms with E-state index in [0.29, 0.717) is 93.3 Å². The summed E-state index contributed by atoms with van der Waals surface area (Å²) in [7, 11) is 0. The average Bonchev–Trinajstić information content (AvgIpc) is 3.60. The van der Waals surface area contributed by atoms with E-state index in [1.54, 1.807) is 37.3 Å². The Morgan fingerprint density at radius 1 is 1.00 bits per heavy atom. The molecule has 5 atom stereocenters. The van der Waals surface area contributed by atoms with Gasteiger partial charge in [-0.15, -0.1) is 0 Å². The van der Waals surface area contributed by atoms with Crippen LogP contribution in [0.3, 0.4) is 0 Å². The molecule has 17 nitrogen and oxygen atoms in total. The number of hydrogen-bond donors (Lipinski definition) is 6. The van der Waals surface area contributed by atoms with E-state index in [0.717, 1.165) is 69.0 Å². The van der Waals surface area contributed by atoms with Crippen LogP contribution in [0.1, 0.15) is 112 Å². The average molecular weight is 997 g/mol. The van der Waals surface area contributed by atoms with E-state index in [2.05, 4.69) is 42.1 Å². The number of fused-ring (bicyclic) bond motifs is 1. The highest BCUT2D eigenvalue weighted by Gasteiger charge is 2.50. The highest BCUT2D eigenvalue weighted by atomic mass is 19.1. The molecule has 3 fully saturated rings. The van der Waals surface area contributed by atoms with Crippen molar-refractivity contribution in [1.29, 1.82) is 0 Å². The molecule has 5 unspecified atom stereocenters. The SMILES string of the molecule is CC1(Cc2ccc(N)c(C(N)=NC(=O)C3(C)CC=C(N4CCN(CC(=O)NCCCCCCNc5cccc6c5C[N+]([O-])(C5CCC(=O)NC5=O)C6=O)CC4)CC3NC3CCOCC3)c2)C=C(F)C=C(F)C1. The number of halogens is 2. The number of quaternary nitrogens is 1. The van der Waals surface area contributed by atoms with Gasteiger partial charge in [0, 0.05) is 125 Å². The number of amidine groups is 1. The maximum atomic E-state index is 14.3. The second kappa shape index (κ2) is 22.5. The number of piperidine rings is 1. The zero-order chi connectivity index (χ0) is 51.2. The van der Waals surface area contributed by atoms with Gasteiger partial charge in [0.05, 0.1) is 17.5 Å². The quantitative estimate of drug-likeness (QED) is 0.0216. The molecule has 2 aromatic rings. The molecular weight excluding hydrogens is 927 g/mol. The molecule has 19 heteroatoms. The van der Waals surface area contributed by atoms with Crippen LogP contribution in [0.2, 0.25) is 0 Å². The van der Waals surface area contributed by atoms with Crippen molar-refractivity contribution in [2.45, 2.75) is 116 Å². The Hall–Kier alpha value is -5.86. The number of carbonyl (C=O) groups excluding carboxylic acids is 5. The third kappa shape index (κ3) is 12.1. The zero-order valence-corrected chi connectivity index (χ0v) is 41.5. The van der Waals surface area contributed by atoms with E-state index in [1.165, 1.54) is 6.08 Å². The fraction of sp³-hybridized carbons (Fsp3) is 0.547. The van der Waals surface area contributed by atoms with Crippen molar-refractivity contribution in [3.05, 3.63) is 99.4 Å². The molecule has 2 aliphatic carbocycles. The summed E-state index contributed by atoms with van der Waals surface area (Å²) in [5.74, 6) is -3.29. The molecule has 0 saturated carbocycles. The summed E-state index contributed by atoms with van der Waals surface area (Å²) in [5.41, 5.74) is 15.5. The van der Waals surface area contributed by atoms with Crippen LogP contribution in [0.5, 0.6) is 0 Å². The lowest BCUT2D eigenvalue weighted by molar-refractivity contribution is -0.825. The van der Waals surface area contributed by atoms with Crippen LogP contribution >= 0.6 is 0 Å². The van der Waals surface area contributed by atoms with Gasteiger partial charge < -0.3 is 42.3 Å². The van der Waals surface area contributed by atoms with Gasteiger partial charge in [0.2, 0.25) is 11.8 Å². The van der Waals surface area contributed by atoms with Gasteiger partial charge in [0.15, 0.2) is 6.04 Å². The Labute approximate surface area is 420 Å². The molecule has 4 heterocycles. The number of allylic oxidation sites excluding steroid dienone is 5. The van der Waals surface area contributed by atoms with Crippen molar-refractivity contribution >= 4 is 46.7 Å². The van der Waals surface area contributed by atoms with E-state index in [4.69, 9.17) is 16.2 Å². The Balaban J connectivity index is 0.777. The van der Waals surface area contributed by atoms with Crippen LogP contribution in [0, 0.1) is 16.0 Å². The maximum Gasteiger partial charge on any atom is 0.347 e. The number of imide groups is 1. The lowest BCUT2D eigenvalue weighted by Crippen LogP contribution is -2.60. The van der Waals surface area contributed by atoms with Gasteiger partial charge in [-0.2, -0.15) is 4.99 Å². The molecule has 0 spiro atoms. The first-order valence-electron chi connectivity index (χ1n) is 25.5. The highest BCUT2D eigenvalue weighted by molar-refractivity contribution is 6.08. The van der Waals surface area contributed by atoms with E-state index in [9.17, 15) is 38.0 Å². The van der Waals surface area contributed by atoms with E-state index in [-0.39, 0.29) is 55.5 Å². The standard InChI is InChI=1S/C53H70F2N10O7/c1-52(30-35(54)27-36(55)31-52)29-34-10-11-42(56)40(26-34)48(57)62-51(70)53(2)17-14-38(28-45(53)60-37-15-24-72-25-16-37)64-22-20-63(21-23-64)32-47(67)59-19-6-4-3-5-18-58-43-9-7-8-39-41(43)33-65(71,50(39)69)44-12-13-46(66)61-49(44)68/h7-11,14,26-27,30,37,44-45,58,60H,3-6,12-13,15-25,28-29,31-33,56H2,1-2H3,(H,59,67)(H2,57,62,70)(H,61,66,68). The number of ether oxygens (including phenoxy) is 1. The number of aliphatic imine (C=N–C) groups is 1. The molecule has 8 rings (SSSR count). The fourth-order valence-electron chi connectivity index (χ4n) is 11.2. The lowest BCUT2D eigenvalue weighted by Gasteiger charge is -2.45. The molecule has 388 valence electrons. The Morgan fingerprint density at radius 2 is 1.75 bits per heavy atom. The summed E-state index contributed by atoms with van der Waals surface area (Å²) < 4.78 is 32.8. The van der Waals surface area contributed by atoms with Crippen molar-refractivity contribution < 1.29 is 42.1 Å². The minimum atomic E-state index is -1.31. The summed E-state index contributed by atoms with van der Waals surface area (Å²) in [6.45, 7) is 9.29. The van der Waals surface area contributed by atoms with Gasteiger partial charge in [0.1, 0.15) is 24.0 Å². The smallest absolute Gasteiger partial charge is 0.347 e. The summed E-state index contributed by atoms with van der Waals surface area (Å²) in [6, 6.07) is 9.18. The lowest BCUT2D eigenvalue weighted by atomic mass is 9.72. The van der Waals surface area contributed by atoms with Crippen molar-refractivity contribution in [2.75, 3.05) is 70.1 Å². The van der Waals surface area contributed by atoms with Crippen LogP contribution in [0.15, 0.2) is 77.0 Å². The van der Waals surface area contributed by atoms with Crippen LogP contribution < -0.4 is 32.7 Å². The van der Waals surface area contributed by atoms with E-state index >= 15 is 0 Å². The predicted octanol–water partition coefficient (Wildman–Crippen LogP) is 5.16. The molecule has 2 aromatic carbocycles. The number of carbonyl (C=O) groups is 5. The number of amides is 5. The number of nitrogens with zero attached hydrogens (tertiary/aromatic N) is 4. The van der Waals surface area contributed by atoms with Gasteiger partial charge in [-0.1, -0.05) is 38.0 Å². The molecule has 0 aromatic heterocycles. The number of unbranched alkanes of at least 4 members (excludes halogenated alkanes) is 3. The number of nitrogens with one attached hydrogen (secondary N) is 4. The first-order valence-corrected chi connectivity index (χ1v) is 25.5. The fourth-order valence-corrected chi connectivity index (χ4v) is 11.2. The molecule has 8 N–H and O–H groups in total. The van der Waals surface area contributed by atoms with Crippen LogP contribution in [0.25, 0.3) is 0 Å². The van der Waals surface area contributed by atoms with Crippen molar-refractivity contribution in [2.24, 2.45) is 21.6 Å². The van der Waals surface area contributed by atoms with Gasteiger partial charge >= 0.3 is 5.91 Å². The molecule has 72 heavy (non-hydrogen) atoms. The van der Waals surface area contributed by atoms with Crippen LogP contribution in [0.4, 0.5) is 20.2 Å². The topological polar surface area (TPSA) is 237 Å². The minimum Gasteiger partial charge on any atom is -0.624 e. The summed E-state index contributed by atoms with van der Waals surface area (Å²) >= 11 is 0. The Kier molecular flexibility index (Phi) is 16.4. The van der Waals surface area contributed by atoms with Gasteiger partial charge in [-0.25, -0.2) is 13.6 Å². The number of hydroxylamine groups is 3. The largest absolute Gasteiger partial charge is 0.624 e. The third-order valence-corrected chi connectivity index (χ3v) is 15.4. The zero-order valence-electron chi connectivity index (χ0n) is 41.5. The molecule has 0 radical (unpaired) electrons. The normalized spacial score (nSPS) is 27.4. The summed E-state index contributed by atoms with van der Waals surface area (Å²) in [4.78, 5) is 73.7. The summed E-state index contributed by atoms with van der Waals surface area (Å²) in [6.07, 6.45) is 11.2. The van der Waals surface area contributed by atoms with Crippen molar-refractivity contribution in [1.82, 2.24) is 25.8 Å². The number of hydrogen-bond acceptors (Lipinski definition) is 12. The molecule has 3 saturated heterocycles. The molecule has 4 aliphatic heterocycles. The van der Waals surface area contributed by atoms with Crippen molar-refractivity contribution in [3.63, 3.8) is 0 Å². The molecule has 5 amide bonds. The Bertz CT molecular complexity index is 2540. The second-order valence-corrected chi connectivity index (χ2v) is 21.0. The Morgan fingerprint density at radius 3 is 2.49 bits per heavy atom. The van der Waals surface area contributed by atoms with Gasteiger partial charge in [-0.05, 0) is 86.8 Å². The number of rotatable bonds is 18. The van der Waals surface area contributed by atoms with Crippen LogP contribution in [-0.2, 0) is 36.9 Å². The van der Waals surface area contributed by atoms with Gasteiger partial charge in [0.25, 0.3) is 11.8 Å². The molecule has 0 bridgehead atoms. The van der Waals surface area contributed by atoms with Crippen molar-refractivity contribution in [3.8, 4) is 0 Å². The highest BCUT2D eigenvalue weighted by Crippen LogP contribution is 2.41. The monoisotopic (exact) mass is 997 g/mol. The predicted molar refractivity (Wildman–Crippen MR) is 270 cm³/mol. The first kappa shape index (κ1) is 52.5.